The molecule has 0 amide bonds. The van der Waals surface area contributed by atoms with Crippen LogP contribution >= 0.6 is 15.9 Å². The molecule has 0 saturated carbocycles. The number of rotatable bonds is 0. The van der Waals surface area contributed by atoms with Crippen LogP contribution < -0.4 is 0 Å². The summed E-state index contributed by atoms with van der Waals surface area (Å²) in [5.74, 6) is 0. The molecule has 0 saturated heterocycles. The van der Waals surface area contributed by atoms with Crippen LogP contribution in [0.5, 0.6) is 0 Å². The molecular weight excluding hydrogens is 218 g/mol. The molecule has 2 aromatic heterocycles. The second-order valence-corrected chi connectivity index (χ2v) is 3.57. The summed E-state index contributed by atoms with van der Waals surface area (Å²) in [6.07, 6.45) is 3.89. The highest BCUT2D eigenvalue weighted by Gasteiger charge is 2.02. The van der Waals surface area contributed by atoms with E-state index in [9.17, 15) is 0 Å². The number of imidazole rings is 1. The number of hydrogen-bond acceptors (Lipinski definition) is 2. The van der Waals surface area contributed by atoms with E-state index in [0.717, 1.165) is 21.6 Å². The third kappa shape index (κ3) is 1.12. The van der Waals surface area contributed by atoms with Crippen LogP contribution in [0.15, 0.2) is 17.0 Å². The third-order valence-electron chi connectivity index (χ3n) is 1.70. The average Bonchev–Trinajstić information content (AvgIpc) is 2.29. The first-order chi connectivity index (χ1) is 5.66. The monoisotopic (exact) mass is 225 g/mol. The summed E-state index contributed by atoms with van der Waals surface area (Å²) in [5, 5.41) is 0. The largest absolute Gasteiger partial charge is 0.303 e. The Hall–Kier alpha value is -0.900. The highest BCUT2D eigenvalue weighted by molar-refractivity contribution is 9.10. The van der Waals surface area contributed by atoms with Gasteiger partial charge in [-0.15, -0.1) is 0 Å². The Balaban J connectivity index is 2.88. The van der Waals surface area contributed by atoms with Crippen molar-refractivity contribution >= 4 is 21.6 Å². The van der Waals surface area contributed by atoms with Crippen molar-refractivity contribution in [3.8, 4) is 0 Å². The molecule has 0 aliphatic carbocycles. The van der Waals surface area contributed by atoms with E-state index in [1.54, 1.807) is 0 Å². The van der Waals surface area contributed by atoms with Gasteiger partial charge in [-0.2, -0.15) is 0 Å². The van der Waals surface area contributed by atoms with Crippen molar-refractivity contribution in [2.45, 2.75) is 13.8 Å². The summed E-state index contributed by atoms with van der Waals surface area (Å²) in [6.45, 7) is 3.92. The second kappa shape index (κ2) is 2.55. The van der Waals surface area contributed by atoms with Gasteiger partial charge in [-0.1, -0.05) is 0 Å². The zero-order chi connectivity index (χ0) is 8.72. The van der Waals surface area contributed by atoms with Gasteiger partial charge in [0, 0.05) is 12.4 Å². The number of fused-ring (bicyclic) bond motifs is 1. The maximum absolute atomic E-state index is 4.33. The smallest absolute Gasteiger partial charge is 0.158 e. The Kier molecular flexibility index (Phi) is 1.65. The minimum atomic E-state index is 0.838. The van der Waals surface area contributed by atoms with E-state index < -0.39 is 0 Å². The zero-order valence-corrected chi connectivity index (χ0v) is 8.46. The first kappa shape index (κ1) is 7.73. The highest BCUT2D eigenvalue weighted by atomic mass is 79.9. The lowest BCUT2D eigenvalue weighted by atomic mass is 10.5. The predicted octanol–water partition coefficient (Wildman–Crippen LogP) is 2.11. The molecule has 62 valence electrons. The number of aromatic nitrogens is 3. The fourth-order valence-electron chi connectivity index (χ4n) is 1.24. The molecule has 0 aromatic carbocycles. The van der Waals surface area contributed by atoms with Gasteiger partial charge < -0.3 is 4.40 Å². The van der Waals surface area contributed by atoms with E-state index in [4.69, 9.17) is 0 Å². The third-order valence-corrected chi connectivity index (χ3v) is 2.08. The molecule has 0 unspecified atom stereocenters. The summed E-state index contributed by atoms with van der Waals surface area (Å²) in [4.78, 5) is 8.58. The van der Waals surface area contributed by atoms with E-state index in [1.165, 1.54) is 0 Å². The maximum atomic E-state index is 4.33. The lowest BCUT2D eigenvalue weighted by Crippen LogP contribution is -1.91. The lowest BCUT2D eigenvalue weighted by Gasteiger charge is -1.96. The minimum Gasteiger partial charge on any atom is -0.303 e. The van der Waals surface area contributed by atoms with Gasteiger partial charge in [0.05, 0.1) is 11.4 Å². The van der Waals surface area contributed by atoms with Gasteiger partial charge in [-0.05, 0) is 29.8 Å². The molecule has 0 atom stereocenters. The van der Waals surface area contributed by atoms with Gasteiger partial charge in [0.1, 0.15) is 4.60 Å². The van der Waals surface area contributed by atoms with Crippen molar-refractivity contribution in [2.75, 3.05) is 0 Å². The zero-order valence-electron chi connectivity index (χ0n) is 6.87. The molecule has 2 rings (SSSR count). The molecule has 0 aliphatic heterocycles. The van der Waals surface area contributed by atoms with E-state index in [0.29, 0.717) is 0 Å². The van der Waals surface area contributed by atoms with Crippen LogP contribution in [0.4, 0.5) is 0 Å². The van der Waals surface area contributed by atoms with Crippen LogP contribution in [0.1, 0.15) is 11.4 Å². The van der Waals surface area contributed by atoms with Crippen molar-refractivity contribution < 1.29 is 0 Å². The van der Waals surface area contributed by atoms with E-state index in [2.05, 4.69) is 25.9 Å². The Labute approximate surface area is 78.6 Å². The molecule has 0 aliphatic rings. The fraction of sp³-hybridized carbons (Fsp3) is 0.250. The van der Waals surface area contributed by atoms with Crippen molar-refractivity contribution in [2.24, 2.45) is 0 Å². The molecule has 12 heavy (non-hydrogen) atoms. The maximum Gasteiger partial charge on any atom is 0.158 e. The fourth-order valence-corrected chi connectivity index (χ4v) is 1.72. The summed E-state index contributed by atoms with van der Waals surface area (Å²) in [7, 11) is 0. The van der Waals surface area contributed by atoms with Gasteiger partial charge in [0.15, 0.2) is 5.65 Å². The average molecular weight is 226 g/mol. The molecule has 0 bridgehead atoms. The van der Waals surface area contributed by atoms with Gasteiger partial charge in [-0.3, -0.25) is 0 Å². The molecule has 2 heterocycles. The molecule has 3 nitrogen and oxygen atoms in total. The molecule has 0 fully saturated rings. The van der Waals surface area contributed by atoms with Crippen molar-refractivity contribution in [3.05, 3.63) is 28.4 Å². The van der Waals surface area contributed by atoms with Crippen LogP contribution in [-0.4, -0.2) is 14.4 Å². The topological polar surface area (TPSA) is 30.2 Å². The number of nitrogens with zero attached hydrogens (tertiary/aromatic N) is 3. The predicted molar refractivity (Wildman–Crippen MR) is 50.2 cm³/mol. The highest BCUT2D eigenvalue weighted by Crippen LogP contribution is 2.12. The Morgan fingerprint density at radius 3 is 2.75 bits per heavy atom. The Morgan fingerprint density at radius 1 is 1.25 bits per heavy atom. The van der Waals surface area contributed by atoms with Crippen LogP contribution in [0.3, 0.4) is 0 Å². The van der Waals surface area contributed by atoms with Crippen molar-refractivity contribution in [1.82, 2.24) is 14.4 Å². The SMILES string of the molecule is Cc1cn2cc(Br)nc(C)c2n1. The first-order valence-electron chi connectivity index (χ1n) is 3.65. The van der Waals surface area contributed by atoms with Gasteiger partial charge >= 0.3 is 0 Å². The molecular formula is C8H8BrN3. The van der Waals surface area contributed by atoms with Crippen molar-refractivity contribution in [3.63, 3.8) is 0 Å². The molecule has 4 heteroatoms. The molecule has 0 N–H and O–H groups in total. The van der Waals surface area contributed by atoms with Gasteiger partial charge in [0.25, 0.3) is 0 Å². The van der Waals surface area contributed by atoms with E-state index in [-0.39, 0.29) is 0 Å². The lowest BCUT2D eigenvalue weighted by molar-refractivity contribution is 1.05. The van der Waals surface area contributed by atoms with Crippen LogP contribution in [0, 0.1) is 13.8 Å². The molecule has 0 radical (unpaired) electrons. The normalized spacial score (nSPS) is 10.9. The van der Waals surface area contributed by atoms with Crippen LogP contribution in [-0.2, 0) is 0 Å². The summed E-state index contributed by atoms with van der Waals surface area (Å²) in [5.41, 5.74) is 2.88. The number of hydrogen-bond donors (Lipinski definition) is 0. The molecule has 0 spiro atoms. The number of halogens is 1. The Bertz CT molecular complexity index is 433. The van der Waals surface area contributed by atoms with Crippen LogP contribution in [0.2, 0.25) is 0 Å². The van der Waals surface area contributed by atoms with E-state index >= 15 is 0 Å². The summed E-state index contributed by atoms with van der Waals surface area (Å²) >= 11 is 3.33. The summed E-state index contributed by atoms with van der Waals surface area (Å²) < 4.78 is 2.81. The van der Waals surface area contributed by atoms with Gasteiger partial charge in [-0.25, -0.2) is 9.97 Å². The van der Waals surface area contributed by atoms with Crippen LogP contribution in [0.25, 0.3) is 5.65 Å². The Morgan fingerprint density at radius 2 is 2.00 bits per heavy atom. The van der Waals surface area contributed by atoms with Crippen molar-refractivity contribution in [1.29, 1.82) is 0 Å². The quantitative estimate of drug-likeness (QED) is 0.688. The number of aryl methyl sites for hydroxylation is 2. The first-order valence-corrected chi connectivity index (χ1v) is 4.44. The minimum absolute atomic E-state index is 0.838. The van der Waals surface area contributed by atoms with Gasteiger partial charge in [0.2, 0.25) is 0 Å². The summed E-state index contributed by atoms with van der Waals surface area (Å²) in [6, 6.07) is 0. The second-order valence-electron chi connectivity index (χ2n) is 2.76. The molecule has 2 aromatic rings. The standard InChI is InChI=1S/C8H8BrN3/c1-5-3-12-4-7(9)11-6(2)8(12)10-5/h3-4H,1-2H3. The van der Waals surface area contributed by atoms with E-state index in [1.807, 2.05) is 30.6 Å².